The SMILES string of the molecule is C=CC(C)(C)CCC[C@@]12C(=O)O[C@@H](c3ccc(OC)cc31)[C@H]1C(=O)N(C)C(=O)[C@H]12. The summed E-state index contributed by atoms with van der Waals surface area (Å²) in [5, 5.41) is 0. The van der Waals surface area contributed by atoms with Crippen LogP contribution in [0.1, 0.15) is 50.3 Å². The molecular weight excluding hydrogens is 370 g/mol. The minimum atomic E-state index is -1.17. The van der Waals surface area contributed by atoms with Crippen molar-refractivity contribution in [3.05, 3.63) is 42.0 Å². The van der Waals surface area contributed by atoms with Crippen LogP contribution in [0.5, 0.6) is 5.75 Å². The first-order chi connectivity index (χ1) is 13.7. The van der Waals surface area contributed by atoms with Crippen LogP contribution in [-0.4, -0.2) is 36.8 Å². The molecule has 29 heavy (non-hydrogen) atoms. The van der Waals surface area contributed by atoms with Gasteiger partial charge in [-0.2, -0.15) is 0 Å². The largest absolute Gasteiger partial charge is 0.497 e. The van der Waals surface area contributed by atoms with E-state index in [1.54, 1.807) is 7.11 Å². The molecule has 1 aromatic rings. The van der Waals surface area contributed by atoms with Gasteiger partial charge in [-0.3, -0.25) is 19.3 Å². The molecule has 0 aromatic heterocycles. The number of amides is 2. The highest BCUT2D eigenvalue weighted by molar-refractivity contribution is 6.10. The van der Waals surface area contributed by atoms with Crippen molar-refractivity contribution in [2.45, 2.75) is 44.6 Å². The van der Waals surface area contributed by atoms with Gasteiger partial charge >= 0.3 is 5.97 Å². The van der Waals surface area contributed by atoms with Gasteiger partial charge in [0, 0.05) is 7.05 Å². The number of esters is 1. The van der Waals surface area contributed by atoms with Crippen LogP contribution in [0.2, 0.25) is 0 Å². The summed E-state index contributed by atoms with van der Waals surface area (Å²) in [6.45, 7) is 8.07. The smallest absolute Gasteiger partial charge is 0.318 e. The van der Waals surface area contributed by atoms with E-state index in [0.29, 0.717) is 18.6 Å². The van der Waals surface area contributed by atoms with Gasteiger partial charge < -0.3 is 9.47 Å². The Balaban J connectivity index is 1.86. The molecule has 5 rings (SSSR count). The van der Waals surface area contributed by atoms with Crippen molar-refractivity contribution in [2.75, 3.05) is 14.2 Å². The first-order valence-electron chi connectivity index (χ1n) is 10.0. The number of ether oxygens (including phenoxy) is 2. The fourth-order valence-electron chi connectivity index (χ4n) is 5.23. The van der Waals surface area contributed by atoms with Crippen LogP contribution >= 0.6 is 0 Å². The predicted octanol–water partition coefficient (Wildman–Crippen LogP) is 3.16. The lowest BCUT2D eigenvalue weighted by Gasteiger charge is -2.51. The maximum atomic E-state index is 13.3. The van der Waals surface area contributed by atoms with Crippen LogP contribution in [0.25, 0.3) is 0 Å². The molecule has 0 N–H and O–H groups in total. The van der Waals surface area contributed by atoms with Crippen LogP contribution in [-0.2, 0) is 24.5 Å². The Bertz CT molecular complexity index is 920. The topological polar surface area (TPSA) is 72.9 Å². The number of fused-ring (bicyclic) bond motifs is 1. The van der Waals surface area contributed by atoms with E-state index in [0.717, 1.165) is 22.4 Å². The van der Waals surface area contributed by atoms with Gasteiger partial charge in [0.1, 0.15) is 17.3 Å². The van der Waals surface area contributed by atoms with E-state index in [4.69, 9.17) is 9.47 Å². The highest BCUT2D eigenvalue weighted by Crippen LogP contribution is 2.61. The van der Waals surface area contributed by atoms with Crippen molar-refractivity contribution in [1.29, 1.82) is 0 Å². The highest BCUT2D eigenvalue weighted by Gasteiger charge is 2.70. The van der Waals surface area contributed by atoms with Crippen LogP contribution in [0.15, 0.2) is 30.9 Å². The zero-order valence-electron chi connectivity index (χ0n) is 17.4. The van der Waals surface area contributed by atoms with E-state index < -0.39 is 29.3 Å². The van der Waals surface area contributed by atoms with Gasteiger partial charge in [-0.1, -0.05) is 32.4 Å². The van der Waals surface area contributed by atoms with Gasteiger partial charge in [0.25, 0.3) is 0 Å². The number of carbonyl (C=O) groups is 3. The molecule has 6 nitrogen and oxygen atoms in total. The average molecular weight is 397 g/mol. The number of rotatable bonds is 6. The molecule has 0 saturated carbocycles. The lowest BCUT2D eigenvalue weighted by molar-refractivity contribution is -0.184. The van der Waals surface area contributed by atoms with Gasteiger partial charge in [0.15, 0.2) is 0 Å². The number of carbonyl (C=O) groups excluding carboxylic acids is 3. The van der Waals surface area contributed by atoms with E-state index in [1.807, 2.05) is 24.3 Å². The molecule has 2 fully saturated rings. The zero-order valence-corrected chi connectivity index (χ0v) is 17.4. The number of methoxy groups -OCH3 is 1. The van der Waals surface area contributed by atoms with Crippen molar-refractivity contribution in [1.82, 2.24) is 4.90 Å². The second-order valence-corrected chi connectivity index (χ2v) is 9.04. The van der Waals surface area contributed by atoms with Crippen molar-refractivity contribution in [3.63, 3.8) is 0 Å². The molecule has 6 heteroatoms. The second kappa shape index (κ2) is 6.44. The number of allylic oxidation sites excluding steroid dienone is 1. The Hall–Kier alpha value is -2.63. The Morgan fingerprint density at radius 3 is 2.66 bits per heavy atom. The normalized spacial score (nSPS) is 30.1. The summed E-state index contributed by atoms with van der Waals surface area (Å²) in [7, 11) is 3.06. The first kappa shape index (κ1) is 19.7. The van der Waals surface area contributed by atoms with Gasteiger partial charge in [0.05, 0.1) is 18.9 Å². The van der Waals surface area contributed by atoms with Crippen LogP contribution in [0, 0.1) is 17.3 Å². The molecule has 0 unspecified atom stereocenters. The van der Waals surface area contributed by atoms with Crippen molar-refractivity contribution >= 4 is 17.8 Å². The van der Waals surface area contributed by atoms with Crippen LogP contribution in [0.3, 0.4) is 0 Å². The van der Waals surface area contributed by atoms with Gasteiger partial charge in [-0.05, 0) is 41.5 Å². The van der Waals surface area contributed by atoms with Crippen molar-refractivity contribution < 1.29 is 23.9 Å². The third kappa shape index (κ3) is 2.57. The Morgan fingerprint density at radius 1 is 1.28 bits per heavy atom. The third-order valence-corrected chi connectivity index (χ3v) is 7.02. The van der Waals surface area contributed by atoms with Gasteiger partial charge in [0.2, 0.25) is 11.8 Å². The summed E-state index contributed by atoms with van der Waals surface area (Å²) < 4.78 is 11.2. The Labute approximate surface area is 170 Å². The van der Waals surface area contributed by atoms with E-state index >= 15 is 0 Å². The minimum absolute atomic E-state index is 0.0880. The van der Waals surface area contributed by atoms with Crippen molar-refractivity contribution in [3.8, 4) is 5.75 Å². The molecule has 0 radical (unpaired) electrons. The van der Waals surface area contributed by atoms with Gasteiger partial charge in [-0.15, -0.1) is 6.58 Å². The van der Waals surface area contributed by atoms with Crippen molar-refractivity contribution in [2.24, 2.45) is 17.3 Å². The molecule has 2 saturated heterocycles. The van der Waals surface area contributed by atoms with E-state index in [-0.39, 0.29) is 17.2 Å². The van der Waals surface area contributed by atoms with E-state index in [2.05, 4.69) is 20.4 Å². The molecule has 0 spiro atoms. The Morgan fingerprint density at radius 2 is 2.00 bits per heavy atom. The molecular formula is C23H27NO5. The number of benzene rings is 1. The summed E-state index contributed by atoms with van der Waals surface area (Å²) in [6, 6.07) is 5.51. The molecule has 1 aromatic carbocycles. The Kier molecular flexibility index (Phi) is 4.37. The fourth-order valence-corrected chi connectivity index (χ4v) is 5.23. The maximum Gasteiger partial charge on any atom is 0.318 e. The van der Waals surface area contributed by atoms with Crippen LogP contribution in [0.4, 0.5) is 0 Å². The number of hydrogen-bond acceptors (Lipinski definition) is 5. The molecule has 2 amide bonds. The summed E-state index contributed by atoms with van der Waals surface area (Å²) in [5.74, 6) is -1.72. The number of nitrogens with zero attached hydrogens (tertiary/aromatic N) is 1. The standard InChI is InChI=1S/C23H27NO5/c1-6-22(2,3)10-7-11-23-15-12-13(28-5)8-9-14(15)18(29-21(23)27)16-17(23)20(26)24(4)19(16)25/h6,8-9,12,16-18H,1,7,10-11H2,2-5H3/t16-,17-,18-,23+/m0/s1. The molecule has 154 valence electrons. The predicted molar refractivity (Wildman–Crippen MR) is 106 cm³/mol. The lowest BCUT2D eigenvalue weighted by Crippen LogP contribution is -2.59. The molecule has 3 aliphatic heterocycles. The summed E-state index contributed by atoms with van der Waals surface area (Å²) >= 11 is 0. The first-order valence-corrected chi connectivity index (χ1v) is 10.0. The third-order valence-electron chi connectivity index (χ3n) is 7.02. The highest BCUT2D eigenvalue weighted by atomic mass is 16.6. The van der Waals surface area contributed by atoms with E-state index in [9.17, 15) is 14.4 Å². The van der Waals surface area contributed by atoms with Gasteiger partial charge in [-0.25, -0.2) is 0 Å². The molecule has 4 aliphatic rings. The average Bonchev–Trinajstić information content (AvgIpc) is 2.94. The summed E-state index contributed by atoms with van der Waals surface area (Å²) in [6.07, 6.45) is 3.12. The summed E-state index contributed by atoms with van der Waals surface area (Å²) in [5.41, 5.74) is 0.325. The van der Waals surface area contributed by atoms with E-state index in [1.165, 1.54) is 7.05 Å². The number of likely N-dealkylation sites (tertiary alicyclic amines) is 1. The molecule has 4 atom stereocenters. The quantitative estimate of drug-likeness (QED) is 0.419. The fraction of sp³-hybridized carbons (Fsp3) is 0.522. The second-order valence-electron chi connectivity index (χ2n) is 9.04. The maximum absolute atomic E-state index is 13.3. The lowest BCUT2D eigenvalue weighted by atomic mass is 9.55. The number of hydrogen-bond donors (Lipinski definition) is 0. The monoisotopic (exact) mass is 397 g/mol. The summed E-state index contributed by atoms with van der Waals surface area (Å²) in [4.78, 5) is 40.5. The molecule has 1 aliphatic carbocycles. The molecule has 2 bridgehead atoms. The zero-order chi connectivity index (χ0) is 21.1. The molecule has 3 heterocycles. The number of imide groups is 1. The minimum Gasteiger partial charge on any atom is -0.497 e. The van der Waals surface area contributed by atoms with Crippen LogP contribution < -0.4 is 4.74 Å².